The molecule has 2 aromatic rings. The van der Waals surface area contributed by atoms with Crippen molar-refractivity contribution in [2.75, 3.05) is 0 Å². The molecule has 206 valence electrons. The van der Waals surface area contributed by atoms with Crippen molar-refractivity contribution in [3.05, 3.63) is 47.8 Å². The lowest BCUT2D eigenvalue weighted by atomic mass is 9.77. The molecule has 2 heteroatoms. The van der Waals surface area contributed by atoms with Crippen LogP contribution in [0.15, 0.2) is 36.7 Å². The Hall–Kier alpha value is -1.70. The van der Waals surface area contributed by atoms with Crippen LogP contribution in [-0.4, -0.2) is 9.97 Å². The Morgan fingerprint density at radius 3 is 1.65 bits per heavy atom. The van der Waals surface area contributed by atoms with Gasteiger partial charge in [-0.05, 0) is 48.6 Å². The summed E-state index contributed by atoms with van der Waals surface area (Å²) in [5.74, 6) is 2.81. The molecule has 0 radical (unpaired) electrons. The normalized spacial score (nSPS) is 17.8. The molecule has 0 amide bonds. The zero-order valence-corrected chi connectivity index (χ0v) is 24.4. The van der Waals surface area contributed by atoms with Gasteiger partial charge in [0.25, 0.3) is 0 Å². The van der Waals surface area contributed by atoms with E-state index < -0.39 is 0 Å². The van der Waals surface area contributed by atoms with Gasteiger partial charge in [0.2, 0.25) is 0 Å². The highest BCUT2D eigenvalue weighted by Gasteiger charge is 2.20. The van der Waals surface area contributed by atoms with Crippen molar-refractivity contribution in [2.45, 2.75) is 149 Å². The molecule has 1 aromatic carbocycles. The van der Waals surface area contributed by atoms with Crippen LogP contribution in [0.3, 0.4) is 0 Å². The number of hydrogen-bond donors (Lipinski definition) is 0. The van der Waals surface area contributed by atoms with E-state index in [0.29, 0.717) is 0 Å². The zero-order valence-electron chi connectivity index (χ0n) is 24.4. The highest BCUT2D eigenvalue weighted by molar-refractivity contribution is 5.55. The molecule has 0 unspecified atom stereocenters. The average molecular weight is 505 g/mol. The van der Waals surface area contributed by atoms with E-state index in [2.05, 4.69) is 48.1 Å². The van der Waals surface area contributed by atoms with Gasteiger partial charge in [-0.2, -0.15) is 0 Å². The molecule has 1 heterocycles. The number of rotatable bonds is 19. The van der Waals surface area contributed by atoms with Crippen LogP contribution >= 0.6 is 0 Å². The van der Waals surface area contributed by atoms with Gasteiger partial charge in [0.05, 0.1) is 0 Å². The van der Waals surface area contributed by atoms with Crippen LogP contribution in [0.25, 0.3) is 11.4 Å². The Balaban J connectivity index is 1.29. The molecule has 0 bridgehead atoms. The van der Waals surface area contributed by atoms with E-state index in [9.17, 15) is 0 Å². The maximum Gasteiger partial charge on any atom is 0.159 e. The largest absolute Gasteiger partial charge is 0.236 e. The number of hydrogen-bond acceptors (Lipinski definition) is 2. The predicted molar refractivity (Wildman–Crippen MR) is 161 cm³/mol. The summed E-state index contributed by atoms with van der Waals surface area (Å²) in [6.07, 6.45) is 33.2. The summed E-state index contributed by atoms with van der Waals surface area (Å²) in [7, 11) is 0. The van der Waals surface area contributed by atoms with Crippen molar-refractivity contribution >= 4 is 0 Å². The minimum atomic E-state index is 0.860. The van der Waals surface area contributed by atoms with Gasteiger partial charge < -0.3 is 0 Å². The van der Waals surface area contributed by atoms with Gasteiger partial charge in [0.1, 0.15) is 0 Å². The highest BCUT2D eigenvalue weighted by Crippen LogP contribution is 2.34. The summed E-state index contributed by atoms with van der Waals surface area (Å²) in [5.41, 5.74) is 3.88. The molecule has 2 nitrogen and oxygen atoms in total. The predicted octanol–water partition coefficient (Wildman–Crippen LogP) is 10.9. The van der Waals surface area contributed by atoms with Gasteiger partial charge in [-0.15, -0.1) is 0 Å². The molecule has 0 spiro atoms. The summed E-state index contributed by atoms with van der Waals surface area (Å²) < 4.78 is 0. The lowest BCUT2D eigenvalue weighted by Gasteiger charge is -2.28. The number of nitrogens with zero attached hydrogens (tertiary/aromatic N) is 2. The van der Waals surface area contributed by atoms with Crippen molar-refractivity contribution in [2.24, 2.45) is 11.8 Å². The Labute approximate surface area is 229 Å². The first-order chi connectivity index (χ1) is 18.3. The molecule has 37 heavy (non-hydrogen) atoms. The third-order valence-corrected chi connectivity index (χ3v) is 8.76. The smallest absolute Gasteiger partial charge is 0.159 e. The molecular formula is C35H56N2. The lowest BCUT2D eigenvalue weighted by Crippen LogP contribution is -2.15. The maximum absolute atomic E-state index is 4.67. The molecule has 0 atom stereocenters. The molecule has 3 rings (SSSR count). The summed E-state index contributed by atoms with van der Waals surface area (Å²) in [4.78, 5) is 9.35. The fourth-order valence-electron chi connectivity index (χ4n) is 6.13. The van der Waals surface area contributed by atoms with Crippen molar-refractivity contribution < 1.29 is 0 Å². The topological polar surface area (TPSA) is 25.8 Å². The Bertz CT molecular complexity index is 802. The number of aryl methyl sites for hydroxylation is 2. The Morgan fingerprint density at radius 2 is 1.05 bits per heavy atom. The molecule has 1 aliphatic carbocycles. The molecule has 0 N–H and O–H groups in total. The van der Waals surface area contributed by atoms with Gasteiger partial charge in [-0.1, -0.05) is 147 Å². The van der Waals surface area contributed by atoms with Crippen LogP contribution < -0.4 is 0 Å². The minimum absolute atomic E-state index is 0.860. The van der Waals surface area contributed by atoms with E-state index in [1.54, 1.807) is 0 Å². The first-order valence-corrected chi connectivity index (χ1v) is 16.2. The van der Waals surface area contributed by atoms with Crippen LogP contribution in [0.5, 0.6) is 0 Å². The highest BCUT2D eigenvalue weighted by atomic mass is 14.9. The molecule has 1 aromatic heterocycles. The average Bonchev–Trinajstić information content (AvgIpc) is 2.94. The van der Waals surface area contributed by atoms with Gasteiger partial charge >= 0.3 is 0 Å². The molecular weight excluding hydrogens is 448 g/mol. The van der Waals surface area contributed by atoms with Crippen molar-refractivity contribution in [3.8, 4) is 11.4 Å². The van der Waals surface area contributed by atoms with Crippen LogP contribution in [0.1, 0.15) is 147 Å². The lowest BCUT2D eigenvalue weighted by molar-refractivity contribution is 0.248. The fourth-order valence-corrected chi connectivity index (χ4v) is 6.13. The number of benzene rings is 1. The van der Waals surface area contributed by atoms with E-state index in [0.717, 1.165) is 29.6 Å². The third kappa shape index (κ3) is 12.1. The van der Waals surface area contributed by atoms with Crippen LogP contribution in [0, 0.1) is 11.8 Å². The molecule has 1 saturated carbocycles. The van der Waals surface area contributed by atoms with E-state index in [1.165, 1.54) is 140 Å². The van der Waals surface area contributed by atoms with Crippen LogP contribution in [0.4, 0.5) is 0 Å². The van der Waals surface area contributed by atoms with Gasteiger partial charge in [0, 0.05) is 18.0 Å². The van der Waals surface area contributed by atoms with Crippen molar-refractivity contribution in [1.82, 2.24) is 9.97 Å². The molecule has 0 saturated heterocycles. The number of aromatic nitrogens is 2. The molecule has 1 fully saturated rings. The zero-order chi connectivity index (χ0) is 26.0. The first-order valence-electron chi connectivity index (χ1n) is 16.2. The fraction of sp³-hybridized carbons (Fsp3) is 0.714. The Morgan fingerprint density at radius 1 is 0.541 bits per heavy atom. The second-order valence-corrected chi connectivity index (χ2v) is 12.0. The standard InChI is InChI=1S/C35H56N2/c1-3-5-7-9-11-13-15-17-33-28-36-35(37-29-33)34-26-24-32(25-27-34)23-22-31-20-18-30(19-21-31)16-14-12-10-8-6-4-2/h24-31H,3-23H2,1-2H3/t30-,31-. The van der Waals surface area contributed by atoms with E-state index in [-0.39, 0.29) is 0 Å². The summed E-state index contributed by atoms with van der Waals surface area (Å²) in [6.45, 7) is 4.58. The number of unbranched alkanes of at least 4 members (excludes halogenated alkanes) is 11. The minimum Gasteiger partial charge on any atom is -0.236 e. The van der Waals surface area contributed by atoms with Crippen LogP contribution in [-0.2, 0) is 12.8 Å². The van der Waals surface area contributed by atoms with E-state index >= 15 is 0 Å². The molecule has 0 aliphatic heterocycles. The van der Waals surface area contributed by atoms with E-state index in [1.807, 2.05) is 12.4 Å². The Kier molecular flexibility index (Phi) is 15.0. The van der Waals surface area contributed by atoms with Crippen LogP contribution in [0.2, 0.25) is 0 Å². The van der Waals surface area contributed by atoms with E-state index in [4.69, 9.17) is 0 Å². The van der Waals surface area contributed by atoms with Gasteiger partial charge in [-0.25, -0.2) is 9.97 Å². The summed E-state index contributed by atoms with van der Waals surface area (Å²) >= 11 is 0. The third-order valence-electron chi connectivity index (χ3n) is 8.76. The maximum atomic E-state index is 4.67. The van der Waals surface area contributed by atoms with Crippen molar-refractivity contribution in [1.29, 1.82) is 0 Å². The SMILES string of the molecule is CCCCCCCCCc1cnc(-c2ccc(CC[C@H]3CC[C@H](CCCCCCCC)CC3)cc2)nc1. The first kappa shape index (κ1) is 29.9. The summed E-state index contributed by atoms with van der Waals surface area (Å²) in [6, 6.07) is 9.04. The molecule has 1 aliphatic rings. The monoisotopic (exact) mass is 504 g/mol. The quantitative estimate of drug-likeness (QED) is 0.178. The van der Waals surface area contributed by atoms with Gasteiger partial charge in [-0.3, -0.25) is 0 Å². The van der Waals surface area contributed by atoms with Gasteiger partial charge in [0.15, 0.2) is 5.82 Å². The van der Waals surface area contributed by atoms with Crippen molar-refractivity contribution in [3.63, 3.8) is 0 Å². The summed E-state index contributed by atoms with van der Waals surface area (Å²) in [5, 5.41) is 0. The second kappa shape index (κ2) is 18.5. The second-order valence-electron chi connectivity index (χ2n) is 12.0.